The van der Waals surface area contributed by atoms with E-state index in [-0.39, 0.29) is 42.8 Å². The van der Waals surface area contributed by atoms with Gasteiger partial charge in [0.1, 0.15) is 11.9 Å². The van der Waals surface area contributed by atoms with Crippen LogP contribution in [0.5, 0.6) is 5.88 Å². The number of ketones is 1. The maximum absolute atomic E-state index is 14.4. The van der Waals surface area contributed by atoms with Gasteiger partial charge in [0, 0.05) is 30.3 Å². The summed E-state index contributed by atoms with van der Waals surface area (Å²) in [5.74, 6) is -1.89. The molecule has 7 nitrogen and oxygen atoms in total. The summed E-state index contributed by atoms with van der Waals surface area (Å²) in [6, 6.07) is 13.7. The molecule has 3 heterocycles. The minimum Gasteiger partial charge on any atom is -0.481 e. The lowest BCUT2D eigenvalue weighted by Gasteiger charge is -2.29. The van der Waals surface area contributed by atoms with Crippen LogP contribution in [0, 0.1) is 30.0 Å². The Balaban J connectivity index is 1.32. The van der Waals surface area contributed by atoms with Crippen LogP contribution in [-0.2, 0) is 20.8 Å². The second-order valence-corrected chi connectivity index (χ2v) is 12.8. The van der Waals surface area contributed by atoms with Crippen LogP contribution >= 0.6 is 0 Å². The molecule has 0 unspecified atom stereocenters. The smallest absolute Gasteiger partial charge is 0.310 e. The number of aryl methyl sites for hydroxylation is 1. The lowest BCUT2D eigenvalue weighted by atomic mass is 9.90. The fraction of sp³-hybridized carbons (Fsp3) is 0.444. The molecule has 8 heteroatoms. The number of ether oxygens (including phenoxy) is 1. The zero-order chi connectivity index (χ0) is 30.8. The van der Waals surface area contributed by atoms with E-state index in [1.807, 2.05) is 55.5 Å². The number of Topliss-reactive ketones (excluding diaryl/α,β-unsaturated/α-hetero) is 1. The predicted molar refractivity (Wildman–Crippen MR) is 165 cm³/mol. The Morgan fingerprint density at radius 2 is 1.98 bits per heavy atom. The number of aromatic nitrogens is 1. The van der Waals surface area contributed by atoms with E-state index in [1.165, 1.54) is 12.1 Å². The molecule has 44 heavy (non-hydrogen) atoms. The van der Waals surface area contributed by atoms with Gasteiger partial charge in [0.25, 0.3) is 0 Å². The van der Waals surface area contributed by atoms with E-state index >= 15 is 0 Å². The third kappa shape index (κ3) is 6.26. The molecule has 3 aliphatic rings. The highest BCUT2D eigenvalue weighted by Gasteiger charge is 2.61. The van der Waals surface area contributed by atoms with Gasteiger partial charge in [-0.25, -0.2) is 9.37 Å². The lowest BCUT2D eigenvalue weighted by molar-refractivity contribution is -0.147. The third-order valence-electron chi connectivity index (χ3n) is 9.61. The summed E-state index contributed by atoms with van der Waals surface area (Å²) < 4.78 is 20.7. The van der Waals surface area contributed by atoms with Crippen LogP contribution in [0.2, 0.25) is 0 Å². The van der Waals surface area contributed by atoms with Gasteiger partial charge in [0.15, 0.2) is 5.78 Å². The Morgan fingerprint density at radius 3 is 2.80 bits per heavy atom. The van der Waals surface area contributed by atoms with Crippen molar-refractivity contribution in [1.82, 2.24) is 9.88 Å². The van der Waals surface area contributed by atoms with Crippen molar-refractivity contribution < 1.29 is 28.6 Å². The van der Waals surface area contributed by atoms with Crippen LogP contribution in [0.25, 0.3) is 10.8 Å². The first-order valence-electron chi connectivity index (χ1n) is 15.7. The van der Waals surface area contributed by atoms with E-state index in [9.17, 15) is 23.9 Å². The Bertz CT molecular complexity index is 1580. The average molecular weight is 599 g/mol. The number of aliphatic carboxylic acids is 1. The second kappa shape index (κ2) is 12.5. The zero-order valence-electron chi connectivity index (χ0n) is 25.1. The molecule has 1 aliphatic carbocycles. The summed E-state index contributed by atoms with van der Waals surface area (Å²) in [6.45, 7) is 2.03. The number of carboxylic acid groups (broad SMARTS) is 1. The summed E-state index contributed by atoms with van der Waals surface area (Å²) in [4.78, 5) is 46.9. The molecular weight excluding hydrogens is 559 g/mol. The number of amides is 1. The molecule has 6 rings (SSSR count). The van der Waals surface area contributed by atoms with Crippen molar-refractivity contribution in [3.63, 3.8) is 0 Å². The van der Waals surface area contributed by atoms with Crippen molar-refractivity contribution in [2.45, 2.75) is 76.9 Å². The van der Waals surface area contributed by atoms with Crippen molar-refractivity contribution in [3.05, 3.63) is 83.8 Å². The van der Waals surface area contributed by atoms with Crippen LogP contribution in [0.15, 0.2) is 66.9 Å². The van der Waals surface area contributed by atoms with E-state index in [0.29, 0.717) is 25.1 Å². The van der Waals surface area contributed by atoms with E-state index in [4.69, 9.17) is 4.74 Å². The number of hydrogen-bond donors (Lipinski definition) is 1. The maximum Gasteiger partial charge on any atom is 0.310 e. The summed E-state index contributed by atoms with van der Waals surface area (Å²) >= 11 is 0. The Hall–Kier alpha value is -4.07. The number of allylic oxidation sites excluding steroid dienone is 2. The molecule has 2 fully saturated rings. The Labute approximate surface area is 257 Å². The van der Waals surface area contributed by atoms with Gasteiger partial charge in [0.05, 0.1) is 18.0 Å². The zero-order valence-corrected chi connectivity index (χ0v) is 25.1. The number of rotatable bonds is 5. The van der Waals surface area contributed by atoms with Crippen LogP contribution in [0.3, 0.4) is 0 Å². The topological polar surface area (TPSA) is 96.8 Å². The molecule has 3 aromatic rings. The van der Waals surface area contributed by atoms with Crippen molar-refractivity contribution in [2.75, 3.05) is 6.54 Å². The normalized spacial score (nSPS) is 28.5. The van der Waals surface area contributed by atoms with Crippen LogP contribution in [0.1, 0.15) is 62.5 Å². The highest BCUT2D eigenvalue weighted by molar-refractivity contribution is 5.95. The lowest BCUT2D eigenvalue weighted by Crippen LogP contribution is -2.45. The van der Waals surface area contributed by atoms with Gasteiger partial charge in [-0.15, -0.1) is 0 Å². The van der Waals surface area contributed by atoms with Crippen LogP contribution in [0.4, 0.5) is 4.39 Å². The summed E-state index contributed by atoms with van der Waals surface area (Å²) in [5.41, 5.74) is 0.415. The first-order chi connectivity index (χ1) is 21.2. The van der Waals surface area contributed by atoms with Crippen molar-refractivity contribution >= 4 is 28.4 Å². The number of benzene rings is 2. The van der Waals surface area contributed by atoms with Gasteiger partial charge in [-0.1, -0.05) is 49.3 Å². The highest BCUT2D eigenvalue weighted by Crippen LogP contribution is 2.57. The third-order valence-corrected chi connectivity index (χ3v) is 9.61. The van der Waals surface area contributed by atoms with Crippen LogP contribution in [-0.4, -0.2) is 51.3 Å². The molecule has 1 aromatic heterocycles. The van der Waals surface area contributed by atoms with E-state index in [2.05, 4.69) is 4.98 Å². The molecular formula is C36H39FN2O5. The van der Waals surface area contributed by atoms with Gasteiger partial charge in [-0.05, 0) is 85.7 Å². The first-order valence-corrected chi connectivity index (χ1v) is 15.7. The summed E-state index contributed by atoms with van der Waals surface area (Å²) in [7, 11) is 0. The van der Waals surface area contributed by atoms with Gasteiger partial charge in [-0.2, -0.15) is 0 Å². The molecule has 0 radical (unpaired) electrons. The first kappa shape index (κ1) is 30.0. The van der Waals surface area contributed by atoms with Gasteiger partial charge in [0.2, 0.25) is 11.8 Å². The molecule has 2 aliphatic heterocycles. The van der Waals surface area contributed by atoms with E-state index < -0.39 is 29.4 Å². The number of nitrogens with zero attached hydrogens (tertiary/aromatic N) is 2. The number of pyridine rings is 1. The number of carbonyl (C=O) groups is 3. The quantitative estimate of drug-likeness (QED) is 0.339. The summed E-state index contributed by atoms with van der Waals surface area (Å²) in [6.07, 6.45) is 10.3. The van der Waals surface area contributed by atoms with Gasteiger partial charge in [-0.3, -0.25) is 14.4 Å². The van der Waals surface area contributed by atoms with E-state index in [1.54, 1.807) is 11.1 Å². The van der Waals surface area contributed by atoms with Crippen molar-refractivity contribution in [2.24, 2.45) is 17.3 Å². The maximum atomic E-state index is 14.4. The average Bonchev–Trinajstić information content (AvgIpc) is 3.52. The Morgan fingerprint density at radius 1 is 1.14 bits per heavy atom. The second-order valence-electron chi connectivity index (χ2n) is 12.8. The largest absolute Gasteiger partial charge is 0.481 e. The van der Waals surface area contributed by atoms with Crippen molar-refractivity contribution in [1.29, 1.82) is 0 Å². The summed E-state index contributed by atoms with van der Waals surface area (Å²) in [5, 5.41) is 12.0. The predicted octanol–water partition coefficient (Wildman–Crippen LogP) is 6.46. The molecule has 0 bridgehead atoms. The molecule has 1 amide bonds. The van der Waals surface area contributed by atoms with Crippen molar-refractivity contribution in [3.8, 4) is 5.88 Å². The SMILES string of the molecule is Cc1cc(F)cc(C[C@H]2CCCCC/C=C\[C@@H]3C[C@@]3(C(=O)O)CC(=O)[C@@H]3C[C@@H](Oc4nccc5ccccc45)CN3C2=O)c1. The van der Waals surface area contributed by atoms with Crippen LogP contribution < -0.4 is 4.74 Å². The van der Waals surface area contributed by atoms with E-state index in [0.717, 1.165) is 47.6 Å². The Kier molecular flexibility index (Phi) is 8.52. The minimum absolute atomic E-state index is 0.126. The highest BCUT2D eigenvalue weighted by atomic mass is 19.1. The molecule has 2 aromatic carbocycles. The molecule has 5 atom stereocenters. The standard InChI is InChI=1S/C36H39FN2O5/c1-23-15-24(18-28(37)16-23)17-26-10-5-3-2-4-6-11-27-20-36(27,35(42)43)21-32(40)31-19-29(22-39(31)34(26)41)44-33-30-12-8-7-9-25(30)13-14-38-33/h6-9,11-16,18,26-27,29,31H,2-5,10,17,19-22H2,1H3,(H,42,43)/b11-6-/t26-,27-,29-,31+,36-/m1/s1. The minimum atomic E-state index is -1.13. The number of halogens is 1. The molecule has 0 spiro atoms. The molecule has 1 N–H and O–H groups in total. The number of fused-ring (bicyclic) bond motifs is 3. The number of carbonyl (C=O) groups excluding carboxylic acids is 2. The molecule has 1 saturated carbocycles. The fourth-order valence-corrected chi connectivity index (χ4v) is 7.17. The van der Waals surface area contributed by atoms with Gasteiger partial charge >= 0.3 is 5.97 Å². The van der Waals surface area contributed by atoms with Gasteiger partial charge < -0.3 is 14.7 Å². The number of carboxylic acids is 1. The monoisotopic (exact) mass is 598 g/mol. The molecule has 1 saturated heterocycles. The number of hydrogen-bond acceptors (Lipinski definition) is 5. The molecule has 230 valence electrons. The fourth-order valence-electron chi connectivity index (χ4n) is 7.17.